The number of nitrogens with one attached hydrogen (secondary N) is 2. The average Bonchev–Trinajstić information content (AvgIpc) is 3.73. The molecule has 2 N–H and O–H groups in total. The maximum absolute atomic E-state index is 5.02. The molecule has 0 unspecified atom stereocenters. The Morgan fingerprint density at radius 1 is 0.317 bits per heavy atom. The fraction of sp³-hybridized carbons (Fsp3) is 0. The second kappa shape index (κ2) is 8.96. The summed E-state index contributed by atoms with van der Waals surface area (Å²) in [5.74, 6) is 2.39. The Morgan fingerprint density at radius 2 is 0.561 bits per heavy atom. The molecule has 0 atom stereocenters. The minimum absolute atomic E-state index is 0. The zero-order chi connectivity index (χ0) is 26.2. The number of hydrogen-bond acceptors (Lipinski definition) is 6. The van der Waals surface area contributed by atoms with Gasteiger partial charge in [-0.25, -0.2) is 29.9 Å². The zero-order valence-corrected chi connectivity index (χ0v) is 23.2. The van der Waals surface area contributed by atoms with E-state index in [1.165, 1.54) is 0 Å². The minimum atomic E-state index is 0. The Labute approximate surface area is 246 Å². The number of nitrogens with zero attached hydrogens (tertiary/aromatic N) is 6. The fourth-order valence-corrected chi connectivity index (χ4v) is 5.59. The van der Waals surface area contributed by atoms with Gasteiger partial charge in [-0.15, -0.1) is 0 Å². The molecule has 0 saturated carbocycles. The van der Waals surface area contributed by atoms with Crippen LogP contribution in [0.3, 0.4) is 0 Å². The Hall–Kier alpha value is -5.11. The summed E-state index contributed by atoms with van der Waals surface area (Å²) in [6, 6.07) is 32.2. The molecular formula is C32H18N8Tc. The van der Waals surface area contributed by atoms with Gasteiger partial charge in [0.2, 0.25) is 0 Å². The van der Waals surface area contributed by atoms with E-state index in [2.05, 4.69) is 9.97 Å². The molecule has 0 spiro atoms. The van der Waals surface area contributed by atoms with Gasteiger partial charge in [0.1, 0.15) is 22.6 Å². The number of rotatable bonds is 0. The average molecular weight is 613 g/mol. The predicted molar refractivity (Wildman–Crippen MR) is 156 cm³/mol. The van der Waals surface area contributed by atoms with Crippen LogP contribution >= 0.6 is 0 Å². The molecule has 41 heavy (non-hydrogen) atoms. The van der Waals surface area contributed by atoms with Crippen molar-refractivity contribution in [3.05, 3.63) is 97.1 Å². The van der Waals surface area contributed by atoms with Crippen molar-refractivity contribution in [2.45, 2.75) is 0 Å². The van der Waals surface area contributed by atoms with Gasteiger partial charge < -0.3 is 9.97 Å². The molecule has 0 aliphatic carbocycles. The molecule has 5 heterocycles. The standard InChI is InChI=1S/C32H18N8.Tc/c1-2-10-18-17(9-1)25-33-26(18)38-28-21-13-5-6-14-22(21)30(35-28)40-32-24-16-8-7-15-23(24)31(36-32)39-29-20-12-4-3-11-19(20)27(34-29)37-25;/h1-16H,(H2,33,34,35,36,37,38,39,40);. The van der Waals surface area contributed by atoms with Crippen molar-refractivity contribution in [2.24, 2.45) is 0 Å². The van der Waals surface area contributed by atoms with Gasteiger partial charge in [-0.05, 0) is 0 Å². The summed E-state index contributed by atoms with van der Waals surface area (Å²) in [5.41, 5.74) is 6.45. The van der Waals surface area contributed by atoms with Gasteiger partial charge in [-0.2, -0.15) is 0 Å². The molecule has 1 radical (unpaired) electrons. The Bertz CT molecular complexity index is 2030. The van der Waals surface area contributed by atoms with E-state index < -0.39 is 0 Å². The Morgan fingerprint density at radius 3 is 0.829 bits per heavy atom. The summed E-state index contributed by atoms with van der Waals surface area (Å²) in [6.07, 6.45) is 0. The second-order valence-electron chi connectivity index (χ2n) is 9.79. The fourth-order valence-electron chi connectivity index (χ4n) is 5.59. The van der Waals surface area contributed by atoms with Crippen LogP contribution in [0.1, 0.15) is 0 Å². The molecule has 8 bridgehead atoms. The first-order valence-corrected chi connectivity index (χ1v) is 13.0. The minimum Gasteiger partial charge on any atom is -0.324 e. The van der Waals surface area contributed by atoms with Gasteiger partial charge in [0.05, 0.1) is 0 Å². The van der Waals surface area contributed by atoms with Gasteiger partial charge in [-0.1, -0.05) is 97.1 Å². The van der Waals surface area contributed by atoms with Gasteiger partial charge >= 0.3 is 0 Å². The Kier molecular flexibility index (Phi) is 5.19. The summed E-state index contributed by atoms with van der Waals surface area (Å²) in [5, 5.41) is 3.82. The molecule has 0 fully saturated rings. The maximum atomic E-state index is 5.02. The first-order valence-electron chi connectivity index (χ1n) is 13.0. The topological polar surface area (TPSA) is 109 Å². The third-order valence-electron chi connectivity index (χ3n) is 7.46. The van der Waals surface area contributed by atoms with E-state index in [4.69, 9.17) is 29.9 Å². The molecule has 9 rings (SSSR count). The van der Waals surface area contributed by atoms with Crippen LogP contribution < -0.4 is 0 Å². The first kappa shape index (κ1) is 23.7. The molecule has 193 valence electrons. The number of aromatic nitrogens is 8. The van der Waals surface area contributed by atoms with E-state index in [1.54, 1.807) is 0 Å². The van der Waals surface area contributed by atoms with Crippen LogP contribution in [-0.2, 0) is 20.1 Å². The van der Waals surface area contributed by atoms with Crippen molar-refractivity contribution < 1.29 is 20.1 Å². The monoisotopic (exact) mass is 611 g/mol. The van der Waals surface area contributed by atoms with Crippen LogP contribution in [0.15, 0.2) is 97.1 Å². The number of H-pyrrole nitrogens is 2. The van der Waals surface area contributed by atoms with Crippen molar-refractivity contribution in [1.29, 1.82) is 0 Å². The third-order valence-corrected chi connectivity index (χ3v) is 7.46. The van der Waals surface area contributed by atoms with E-state index in [9.17, 15) is 0 Å². The van der Waals surface area contributed by atoms with Crippen LogP contribution in [-0.4, -0.2) is 39.9 Å². The second-order valence-corrected chi connectivity index (χ2v) is 9.79. The molecule has 8 nitrogen and oxygen atoms in total. The summed E-state index contributed by atoms with van der Waals surface area (Å²) in [7, 11) is 0. The molecule has 3 aromatic heterocycles. The summed E-state index contributed by atoms with van der Waals surface area (Å²) < 4.78 is 0. The van der Waals surface area contributed by atoms with Gasteiger partial charge in [-0.3, -0.25) is 0 Å². The number of benzene rings is 4. The number of hydrogen-bond donors (Lipinski definition) is 2. The number of aromatic amines is 2. The van der Waals surface area contributed by atoms with E-state index in [0.29, 0.717) is 45.9 Å². The third kappa shape index (κ3) is 3.57. The molecular weight excluding hydrogens is 594 g/mol. The van der Waals surface area contributed by atoms with Crippen LogP contribution in [0.5, 0.6) is 0 Å². The molecule has 9 heteroatoms. The zero-order valence-electron chi connectivity index (χ0n) is 21.3. The molecule has 7 aromatic rings. The quantitative estimate of drug-likeness (QED) is 0.194. The van der Waals surface area contributed by atoms with E-state index in [1.807, 2.05) is 97.1 Å². The molecule has 0 saturated heterocycles. The summed E-state index contributed by atoms with van der Waals surface area (Å²) in [6.45, 7) is 0. The van der Waals surface area contributed by atoms with E-state index in [0.717, 1.165) is 43.8 Å². The van der Waals surface area contributed by atoms with Crippen LogP contribution in [0.2, 0.25) is 0 Å². The summed E-state index contributed by atoms with van der Waals surface area (Å²) in [4.78, 5) is 36.8. The van der Waals surface area contributed by atoms with Crippen molar-refractivity contribution >= 4 is 44.1 Å². The molecule has 2 aliphatic heterocycles. The van der Waals surface area contributed by atoms with E-state index in [-0.39, 0.29) is 20.1 Å². The molecule has 2 aliphatic rings. The largest absolute Gasteiger partial charge is 0.324 e. The Balaban J connectivity index is 0.00000256. The van der Waals surface area contributed by atoms with Crippen LogP contribution in [0.25, 0.3) is 89.7 Å². The van der Waals surface area contributed by atoms with Crippen LogP contribution in [0.4, 0.5) is 0 Å². The SMILES string of the molecule is [Tc].c1ccc2c(c1)-c1nc-2nc2[nH]c(nc3nc(nc4[nH]c(n1)c1ccccc41)-c1ccccc1-3)c1ccccc21. The maximum Gasteiger partial charge on any atom is 0.164 e. The molecule has 0 amide bonds. The van der Waals surface area contributed by atoms with Crippen molar-refractivity contribution in [3.63, 3.8) is 0 Å². The normalized spacial score (nSPS) is 11.7. The van der Waals surface area contributed by atoms with Gasteiger partial charge in [0, 0.05) is 63.9 Å². The van der Waals surface area contributed by atoms with Gasteiger partial charge in [0.25, 0.3) is 0 Å². The van der Waals surface area contributed by atoms with Crippen molar-refractivity contribution in [3.8, 4) is 45.6 Å². The van der Waals surface area contributed by atoms with Crippen LogP contribution in [0, 0.1) is 0 Å². The van der Waals surface area contributed by atoms with E-state index >= 15 is 0 Å². The number of fused-ring (bicyclic) bond motifs is 20. The van der Waals surface area contributed by atoms with Gasteiger partial charge in [0.15, 0.2) is 23.3 Å². The summed E-state index contributed by atoms with van der Waals surface area (Å²) >= 11 is 0. The van der Waals surface area contributed by atoms with Crippen molar-refractivity contribution in [1.82, 2.24) is 39.9 Å². The first-order chi connectivity index (χ1) is 19.8. The predicted octanol–water partition coefficient (Wildman–Crippen LogP) is 6.87. The van der Waals surface area contributed by atoms with Crippen molar-refractivity contribution in [2.75, 3.05) is 0 Å². The molecule has 4 aromatic carbocycles. The smallest absolute Gasteiger partial charge is 0.164 e.